The first kappa shape index (κ1) is 18.3. The van der Waals surface area contributed by atoms with Crippen molar-refractivity contribution < 1.29 is 4.79 Å². The Labute approximate surface area is 134 Å². The highest BCUT2D eigenvalue weighted by molar-refractivity contribution is 6.30. The molecular formula is C18H30ClNO. The second kappa shape index (κ2) is 10.0. The molecule has 0 aliphatic carbocycles. The second-order valence-electron chi connectivity index (χ2n) is 5.97. The number of hydrogen-bond donors (Lipinski definition) is 0. The molecular weight excluding hydrogens is 282 g/mol. The normalized spacial score (nSPS) is 11.0. The molecule has 0 radical (unpaired) electrons. The maximum Gasteiger partial charge on any atom is 0.179 e. The Hall–Kier alpha value is -0.760. The molecule has 0 amide bonds. The van der Waals surface area contributed by atoms with E-state index >= 15 is 0 Å². The van der Waals surface area contributed by atoms with Crippen molar-refractivity contribution in [3.05, 3.63) is 23.0 Å². The van der Waals surface area contributed by atoms with Crippen LogP contribution in [0.4, 0.5) is 0 Å². The largest absolute Gasteiger partial charge is 0.348 e. The Morgan fingerprint density at radius 1 is 1.05 bits per heavy atom. The molecule has 21 heavy (non-hydrogen) atoms. The van der Waals surface area contributed by atoms with Crippen LogP contribution in [0.3, 0.4) is 0 Å². The minimum absolute atomic E-state index is 0.0342. The second-order valence-corrected chi connectivity index (χ2v) is 6.24. The van der Waals surface area contributed by atoms with Gasteiger partial charge in [0, 0.05) is 23.5 Å². The summed E-state index contributed by atoms with van der Waals surface area (Å²) in [5, 5.41) is 0. The standard InChI is InChI=1S/C18H30ClNO/c1-4-5-6-7-8-9-10-11-12-20-15(2)13-17(16(20)3)18(21)14-19/h13H,4-12,14H2,1-3H3. The molecule has 1 rings (SSSR count). The van der Waals surface area contributed by atoms with Crippen molar-refractivity contribution in [2.75, 3.05) is 5.88 Å². The summed E-state index contributed by atoms with van der Waals surface area (Å²) in [5.74, 6) is 0.106. The molecule has 120 valence electrons. The van der Waals surface area contributed by atoms with E-state index in [0.717, 1.165) is 17.8 Å². The van der Waals surface area contributed by atoms with E-state index in [-0.39, 0.29) is 11.7 Å². The minimum Gasteiger partial charge on any atom is -0.348 e. The molecule has 1 aromatic heterocycles. The van der Waals surface area contributed by atoms with Crippen LogP contribution in [0, 0.1) is 13.8 Å². The van der Waals surface area contributed by atoms with Crippen LogP contribution in [-0.2, 0) is 6.54 Å². The van der Waals surface area contributed by atoms with E-state index < -0.39 is 0 Å². The van der Waals surface area contributed by atoms with E-state index in [9.17, 15) is 4.79 Å². The quantitative estimate of drug-likeness (QED) is 0.293. The zero-order valence-corrected chi connectivity index (χ0v) is 14.6. The fraction of sp³-hybridized carbons (Fsp3) is 0.722. The minimum atomic E-state index is 0.0342. The number of unbranched alkanes of at least 4 members (excludes halogenated alkanes) is 7. The lowest BCUT2D eigenvalue weighted by Gasteiger charge is -2.09. The molecule has 0 aliphatic rings. The van der Waals surface area contributed by atoms with Crippen molar-refractivity contribution in [1.29, 1.82) is 0 Å². The van der Waals surface area contributed by atoms with E-state index in [1.54, 1.807) is 0 Å². The highest BCUT2D eigenvalue weighted by Crippen LogP contribution is 2.18. The van der Waals surface area contributed by atoms with Crippen LogP contribution in [0.5, 0.6) is 0 Å². The Morgan fingerprint density at radius 2 is 1.62 bits per heavy atom. The van der Waals surface area contributed by atoms with Crippen LogP contribution in [0.25, 0.3) is 0 Å². The molecule has 0 saturated heterocycles. The van der Waals surface area contributed by atoms with Gasteiger partial charge in [0.15, 0.2) is 5.78 Å². The number of carbonyl (C=O) groups excluding carboxylic acids is 1. The van der Waals surface area contributed by atoms with Gasteiger partial charge in [0.1, 0.15) is 0 Å². The van der Waals surface area contributed by atoms with Crippen molar-refractivity contribution in [2.45, 2.75) is 78.7 Å². The molecule has 2 nitrogen and oxygen atoms in total. The SMILES string of the molecule is CCCCCCCCCCn1c(C)cc(C(=O)CCl)c1C. The summed E-state index contributed by atoms with van der Waals surface area (Å²) >= 11 is 5.66. The average Bonchev–Trinajstić information content (AvgIpc) is 2.76. The maximum absolute atomic E-state index is 11.8. The highest BCUT2D eigenvalue weighted by Gasteiger charge is 2.14. The number of hydrogen-bond acceptors (Lipinski definition) is 1. The summed E-state index contributed by atoms with van der Waals surface area (Å²) in [6.07, 6.45) is 10.6. The van der Waals surface area contributed by atoms with Gasteiger partial charge >= 0.3 is 0 Å². The molecule has 0 unspecified atom stereocenters. The molecule has 0 spiro atoms. The molecule has 1 aromatic rings. The fourth-order valence-electron chi connectivity index (χ4n) is 2.90. The maximum atomic E-state index is 11.8. The van der Waals surface area contributed by atoms with Gasteiger partial charge < -0.3 is 4.57 Å². The van der Waals surface area contributed by atoms with Crippen LogP contribution < -0.4 is 0 Å². The van der Waals surface area contributed by atoms with Crippen molar-refractivity contribution in [3.63, 3.8) is 0 Å². The Kier molecular flexibility index (Phi) is 8.75. The summed E-state index contributed by atoms with van der Waals surface area (Å²) in [4.78, 5) is 11.8. The number of halogens is 1. The van der Waals surface area contributed by atoms with E-state index in [1.165, 1.54) is 57.1 Å². The lowest BCUT2D eigenvalue weighted by atomic mass is 10.1. The van der Waals surface area contributed by atoms with Crippen LogP contribution >= 0.6 is 11.6 Å². The highest BCUT2D eigenvalue weighted by atomic mass is 35.5. The summed E-state index contributed by atoms with van der Waals surface area (Å²) in [6.45, 7) is 7.37. The molecule has 1 heterocycles. The number of alkyl halides is 1. The summed E-state index contributed by atoms with van der Waals surface area (Å²) < 4.78 is 2.26. The predicted molar refractivity (Wildman–Crippen MR) is 91.6 cm³/mol. The Balaban J connectivity index is 2.32. The first-order valence-corrected chi connectivity index (χ1v) is 8.91. The lowest BCUT2D eigenvalue weighted by molar-refractivity contribution is 0.102. The number of aromatic nitrogens is 1. The zero-order chi connectivity index (χ0) is 15.7. The van der Waals surface area contributed by atoms with E-state index in [0.29, 0.717) is 0 Å². The van der Waals surface area contributed by atoms with Gasteiger partial charge in [-0.1, -0.05) is 51.9 Å². The smallest absolute Gasteiger partial charge is 0.179 e. The Morgan fingerprint density at radius 3 is 2.19 bits per heavy atom. The van der Waals surface area contributed by atoms with E-state index in [4.69, 9.17) is 11.6 Å². The number of ketones is 1. The molecule has 0 aromatic carbocycles. The topological polar surface area (TPSA) is 22.0 Å². The van der Waals surface area contributed by atoms with Crippen molar-refractivity contribution in [3.8, 4) is 0 Å². The average molecular weight is 312 g/mol. The van der Waals surface area contributed by atoms with E-state index in [1.807, 2.05) is 13.0 Å². The monoisotopic (exact) mass is 311 g/mol. The molecule has 3 heteroatoms. The van der Waals surface area contributed by atoms with Crippen LogP contribution in [0.15, 0.2) is 6.07 Å². The molecule has 0 N–H and O–H groups in total. The fourth-order valence-corrected chi connectivity index (χ4v) is 3.05. The number of carbonyl (C=O) groups is 1. The first-order chi connectivity index (χ1) is 10.1. The Bertz CT molecular complexity index is 437. The first-order valence-electron chi connectivity index (χ1n) is 8.37. The summed E-state index contributed by atoms with van der Waals surface area (Å²) in [7, 11) is 0. The summed E-state index contributed by atoms with van der Waals surface area (Å²) in [6, 6.07) is 1.98. The van der Waals surface area contributed by atoms with Crippen LogP contribution in [-0.4, -0.2) is 16.2 Å². The van der Waals surface area contributed by atoms with Gasteiger partial charge in [-0.15, -0.1) is 11.6 Å². The van der Waals surface area contributed by atoms with Gasteiger partial charge in [0.25, 0.3) is 0 Å². The van der Waals surface area contributed by atoms with Crippen LogP contribution in [0.1, 0.15) is 80.0 Å². The van der Waals surface area contributed by atoms with Crippen molar-refractivity contribution in [2.24, 2.45) is 0 Å². The number of nitrogens with zero attached hydrogens (tertiary/aromatic N) is 1. The third-order valence-corrected chi connectivity index (χ3v) is 4.47. The third-order valence-electron chi connectivity index (χ3n) is 4.23. The zero-order valence-electron chi connectivity index (χ0n) is 13.9. The third kappa shape index (κ3) is 5.86. The van der Waals surface area contributed by atoms with Crippen molar-refractivity contribution >= 4 is 17.4 Å². The molecule has 0 atom stereocenters. The lowest BCUT2D eigenvalue weighted by Crippen LogP contribution is -2.06. The number of Topliss-reactive ketones (excluding diaryl/α,β-unsaturated/α-hetero) is 1. The van der Waals surface area contributed by atoms with E-state index in [2.05, 4.69) is 18.4 Å². The molecule has 0 aliphatic heterocycles. The van der Waals surface area contributed by atoms with Gasteiger partial charge in [-0.25, -0.2) is 0 Å². The molecule has 0 fully saturated rings. The van der Waals surface area contributed by atoms with Gasteiger partial charge in [-0.2, -0.15) is 0 Å². The van der Waals surface area contributed by atoms with Gasteiger partial charge in [0.05, 0.1) is 5.88 Å². The molecule has 0 saturated carbocycles. The summed E-state index contributed by atoms with van der Waals surface area (Å²) in [5.41, 5.74) is 3.03. The van der Waals surface area contributed by atoms with Gasteiger partial charge in [-0.05, 0) is 26.3 Å². The van der Waals surface area contributed by atoms with Crippen molar-refractivity contribution in [1.82, 2.24) is 4.57 Å². The number of aryl methyl sites for hydroxylation is 1. The van der Waals surface area contributed by atoms with Gasteiger partial charge in [0.2, 0.25) is 0 Å². The van der Waals surface area contributed by atoms with Crippen LogP contribution in [0.2, 0.25) is 0 Å². The number of rotatable bonds is 11. The van der Waals surface area contributed by atoms with Gasteiger partial charge in [-0.3, -0.25) is 4.79 Å². The predicted octanol–water partition coefficient (Wildman–Crippen LogP) is 5.67. The molecule has 0 bridgehead atoms.